The predicted octanol–water partition coefficient (Wildman–Crippen LogP) is 5.08. The number of nitrogens with one attached hydrogen (secondary N) is 1. The van der Waals surface area contributed by atoms with Crippen molar-refractivity contribution in [2.24, 2.45) is 0 Å². The van der Waals surface area contributed by atoms with Crippen molar-refractivity contribution >= 4 is 28.5 Å². The Balaban J connectivity index is 1.86. The molecule has 1 aromatic heterocycles. The second-order valence-corrected chi connectivity index (χ2v) is 7.39. The molecule has 2 N–H and O–H groups in total. The quantitative estimate of drug-likeness (QED) is 0.589. The lowest BCUT2D eigenvalue weighted by Gasteiger charge is -2.13. The first-order valence-corrected chi connectivity index (χ1v) is 9.87. The fourth-order valence-electron chi connectivity index (χ4n) is 4.06. The topological polar surface area (TPSA) is 71.3 Å². The number of hydrogen-bond acceptors (Lipinski definition) is 2. The fourth-order valence-corrected chi connectivity index (χ4v) is 4.06. The first-order valence-electron chi connectivity index (χ1n) is 9.87. The van der Waals surface area contributed by atoms with E-state index in [-0.39, 0.29) is 18.0 Å². The summed E-state index contributed by atoms with van der Waals surface area (Å²) in [5.74, 6) is -1.06. The van der Waals surface area contributed by atoms with E-state index in [0.29, 0.717) is 0 Å². The van der Waals surface area contributed by atoms with Gasteiger partial charge in [0.1, 0.15) is 6.54 Å². The zero-order chi connectivity index (χ0) is 19.7. The number of carbonyl (C=O) groups is 2. The Morgan fingerprint density at radius 3 is 2.79 bits per heavy atom. The number of aromatic nitrogens is 1. The molecule has 0 fully saturated rings. The molecule has 0 unspecified atom stereocenters. The molecule has 0 radical (unpaired) electrons. The van der Waals surface area contributed by atoms with E-state index in [1.165, 1.54) is 24.8 Å². The van der Waals surface area contributed by atoms with Gasteiger partial charge in [-0.25, -0.2) is 4.79 Å². The number of rotatable bonds is 6. The first kappa shape index (κ1) is 18.3. The van der Waals surface area contributed by atoms with Gasteiger partial charge in [-0.2, -0.15) is 0 Å². The van der Waals surface area contributed by atoms with Crippen LogP contribution >= 0.6 is 0 Å². The number of carboxylic acid groups (broad SMARTS) is 1. The molecule has 0 spiro atoms. The molecule has 1 aliphatic heterocycles. The standard InChI is InChI=1S/C23H24N2O3/c1-2-3-4-5-7-15-8-6-9-18-22(15)20-12-16-10-11-17(23(27)28)13-19(16)25(20)14-21(26)24-18/h6,8-13H,2-5,7,14H2,1H3,(H,24,26)(H,27,28). The van der Waals surface area contributed by atoms with Gasteiger partial charge in [0.15, 0.2) is 0 Å². The highest BCUT2D eigenvalue weighted by atomic mass is 16.4. The Morgan fingerprint density at radius 2 is 2.00 bits per heavy atom. The van der Waals surface area contributed by atoms with Gasteiger partial charge in [-0.15, -0.1) is 0 Å². The molecule has 5 heteroatoms. The van der Waals surface area contributed by atoms with Crippen molar-refractivity contribution in [3.05, 3.63) is 53.6 Å². The van der Waals surface area contributed by atoms with Gasteiger partial charge >= 0.3 is 5.97 Å². The summed E-state index contributed by atoms with van der Waals surface area (Å²) in [6.07, 6.45) is 5.69. The summed E-state index contributed by atoms with van der Waals surface area (Å²) in [6, 6.07) is 13.2. The zero-order valence-electron chi connectivity index (χ0n) is 16.0. The number of hydrogen-bond donors (Lipinski definition) is 2. The number of carboxylic acids is 1. The number of anilines is 1. The summed E-state index contributed by atoms with van der Waals surface area (Å²) < 4.78 is 1.94. The molecule has 1 aliphatic rings. The van der Waals surface area contributed by atoms with Crippen LogP contribution in [0.5, 0.6) is 0 Å². The van der Waals surface area contributed by atoms with Gasteiger partial charge < -0.3 is 15.0 Å². The van der Waals surface area contributed by atoms with Crippen molar-refractivity contribution in [2.75, 3.05) is 5.32 Å². The highest BCUT2D eigenvalue weighted by Crippen LogP contribution is 2.38. The number of benzene rings is 2. The zero-order valence-corrected chi connectivity index (χ0v) is 16.0. The van der Waals surface area contributed by atoms with Gasteiger partial charge in [-0.1, -0.05) is 44.4 Å². The molecule has 0 saturated heterocycles. The van der Waals surface area contributed by atoms with Gasteiger partial charge in [-0.05, 0) is 42.7 Å². The number of fused-ring (bicyclic) bond motifs is 5. The lowest BCUT2D eigenvalue weighted by atomic mass is 9.97. The van der Waals surface area contributed by atoms with Crippen LogP contribution in [0.2, 0.25) is 0 Å². The van der Waals surface area contributed by atoms with Gasteiger partial charge in [-0.3, -0.25) is 4.79 Å². The third-order valence-corrected chi connectivity index (χ3v) is 5.43. The second-order valence-electron chi connectivity index (χ2n) is 7.39. The fraction of sp³-hybridized carbons (Fsp3) is 0.304. The van der Waals surface area contributed by atoms with Crippen LogP contribution in [0.1, 0.15) is 48.5 Å². The molecule has 0 bridgehead atoms. The Hall–Kier alpha value is -3.08. The number of aromatic carboxylic acids is 1. The SMILES string of the molecule is CCCCCCc1cccc2c1-c1cc3ccc(C(=O)O)cc3n1CC(=O)N2. The Labute approximate surface area is 164 Å². The van der Waals surface area contributed by atoms with E-state index in [0.717, 1.165) is 40.7 Å². The van der Waals surface area contributed by atoms with Gasteiger partial charge in [0, 0.05) is 16.5 Å². The monoisotopic (exact) mass is 376 g/mol. The van der Waals surface area contributed by atoms with Crippen LogP contribution < -0.4 is 5.32 Å². The van der Waals surface area contributed by atoms with E-state index in [1.807, 2.05) is 22.8 Å². The summed E-state index contributed by atoms with van der Waals surface area (Å²) in [5.41, 5.74) is 5.08. The summed E-state index contributed by atoms with van der Waals surface area (Å²) >= 11 is 0. The minimum Gasteiger partial charge on any atom is -0.478 e. The van der Waals surface area contributed by atoms with Crippen molar-refractivity contribution in [1.29, 1.82) is 0 Å². The normalized spacial score (nSPS) is 13.0. The summed E-state index contributed by atoms with van der Waals surface area (Å²) in [5, 5.41) is 13.3. The van der Waals surface area contributed by atoms with Crippen molar-refractivity contribution in [1.82, 2.24) is 4.57 Å². The van der Waals surface area contributed by atoms with Gasteiger partial charge in [0.25, 0.3) is 0 Å². The summed E-state index contributed by atoms with van der Waals surface area (Å²) in [6.45, 7) is 2.37. The lowest BCUT2D eigenvalue weighted by molar-refractivity contribution is -0.116. The highest BCUT2D eigenvalue weighted by Gasteiger charge is 2.23. The molecule has 0 aliphatic carbocycles. The number of unbranched alkanes of at least 4 members (excludes halogenated alkanes) is 3. The van der Waals surface area contributed by atoms with Crippen molar-refractivity contribution in [2.45, 2.75) is 45.6 Å². The predicted molar refractivity (Wildman–Crippen MR) is 111 cm³/mol. The molecular weight excluding hydrogens is 352 g/mol. The maximum atomic E-state index is 12.5. The number of aryl methyl sites for hydroxylation is 1. The van der Waals surface area contributed by atoms with E-state index in [2.05, 4.69) is 24.4 Å². The Morgan fingerprint density at radius 1 is 1.14 bits per heavy atom. The molecule has 0 atom stereocenters. The first-order chi connectivity index (χ1) is 13.6. The largest absolute Gasteiger partial charge is 0.478 e. The van der Waals surface area contributed by atoms with E-state index in [4.69, 9.17) is 0 Å². The maximum absolute atomic E-state index is 12.5. The maximum Gasteiger partial charge on any atom is 0.335 e. The van der Waals surface area contributed by atoms with Crippen molar-refractivity contribution in [3.63, 3.8) is 0 Å². The number of nitrogens with zero attached hydrogens (tertiary/aromatic N) is 1. The van der Waals surface area contributed by atoms with E-state index >= 15 is 0 Å². The van der Waals surface area contributed by atoms with Crippen LogP contribution in [0, 0.1) is 0 Å². The third kappa shape index (κ3) is 3.28. The summed E-state index contributed by atoms with van der Waals surface area (Å²) in [4.78, 5) is 23.9. The molecular formula is C23H24N2O3. The molecule has 2 heterocycles. The average molecular weight is 376 g/mol. The minimum absolute atomic E-state index is 0.0960. The highest BCUT2D eigenvalue weighted by molar-refractivity contribution is 6.03. The Kier molecular flexibility index (Phi) is 4.90. The molecule has 0 saturated carbocycles. The second kappa shape index (κ2) is 7.50. The third-order valence-electron chi connectivity index (χ3n) is 5.43. The lowest BCUT2D eigenvalue weighted by Crippen LogP contribution is -2.16. The minimum atomic E-state index is -0.965. The van der Waals surface area contributed by atoms with Gasteiger partial charge in [0.2, 0.25) is 5.91 Å². The van der Waals surface area contributed by atoms with Crippen molar-refractivity contribution < 1.29 is 14.7 Å². The molecule has 2 aromatic carbocycles. The summed E-state index contributed by atoms with van der Waals surface area (Å²) in [7, 11) is 0. The van der Waals surface area contributed by atoms with Crippen LogP contribution in [0.15, 0.2) is 42.5 Å². The van der Waals surface area contributed by atoms with Crippen LogP contribution in [0.25, 0.3) is 22.2 Å². The van der Waals surface area contributed by atoms with Crippen molar-refractivity contribution in [3.8, 4) is 11.3 Å². The van der Waals surface area contributed by atoms with Crippen LogP contribution in [0.4, 0.5) is 5.69 Å². The smallest absolute Gasteiger partial charge is 0.335 e. The van der Waals surface area contributed by atoms with Crippen LogP contribution in [-0.4, -0.2) is 21.6 Å². The molecule has 4 rings (SSSR count). The van der Waals surface area contributed by atoms with E-state index < -0.39 is 5.97 Å². The van der Waals surface area contributed by atoms with Crippen LogP contribution in [-0.2, 0) is 17.8 Å². The van der Waals surface area contributed by atoms with Gasteiger partial charge in [0.05, 0.1) is 16.9 Å². The van der Waals surface area contributed by atoms with E-state index in [9.17, 15) is 14.7 Å². The number of carbonyl (C=O) groups excluding carboxylic acids is 1. The molecule has 3 aromatic rings. The van der Waals surface area contributed by atoms with E-state index in [1.54, 1.807) is 12.1 Å². The average Bonchev–Trinajstić information content (AvgIpc) is 2.95. The molecule has 144 valence electrons. The molecule has 5 nitrogen and oxygen atoms in total. The molecule has 1 amide bonds. The Bertz CT molecular complexity index is 1070. The van der Waals surface area contributed by atoms with Crippen LogP contribution in [0.3, 0.4) is 0 Å². The molecule has 28 heavy (non-hydrogen) atoms. The number of amides is 1.